The molecule has 0 aromatic heterocycles. The Hall–Kier alpha value is -2.42. The first-order chi connectivity index (χ1) is 25.1. The van der Waals surface area contributed by atoms with E-state index in [4.69, 9.17) is 33.0 Å². The zero-order chi connectivity index (χ0) is 38.8. The smallest absolute Gasteiger partial charge is 0.397 e. The molecule has 53 heavy (non-hydrogen) atoms. The van der Waals surface area contributed by atoms with Crippen molar-refractivity contribution in [3.05, 3.63) is 35.9 Å². The Balaban J connectivity index is 1.56. The van der Waals surface area contributed by atoms with Crippen molar-refractivity contribution in [2.75, 3.05) is 26.9 Å². The number of rotatable bonds is 19. The van der Waals surface area contributed by atoms with Gasteiger partial charge in [0.2, 0.25) is 5.91 Å². The van der Waals surface area contributed by atoms with Gasteiger partial charge in [-0.3, -0.25) is 18.7 Å². The van der Waals surface area contributed by atoms with Gasteiger partial charge in [0, 0.05) is 25.5 Å². The zero-order valence-corrected chi connectivity index (χ0v) is 30.7. The number of benzene rings is 1. The normalized spacial score (nSPS) is 32.1. The fraction of sp³-hybridized carbons (Fsp3) is 0.742. The van der Waals surface area contributed by atoms with E-state index in [9.17, 15) is 41.2 Å². The van der Waals surface area contributed by atoms with Gasteiger partial charge in [-0.25, -0.2) is 8.37 Å². The molecule has 0 bridgehead atoms. The summed E-state index contributed by atoms with van der Waals surface area (Å²) in [5, 5.41) is 24.6. The van der Waals surface area contributed by atoms with Crippen LogP contribution in [0.3, 0.4) is 0 Å². The third-order valence-corrected chi connectivity index (χ3v) is 9.51. The molecule has 1 amide bonds. The van der Waals surface area contributed by atoms with Gasteiger partial charge < -0.3 is 48.7 Å². The molecule has 3 heterocycles. The van der Waals surface area contributed by atoms with Crippen LogP contribution in [0.5, 0.6) is 0 Å². The van der Waals surface area contributed by atoms with Crippen molar-refractivity contribution < 1.29 is 87.3 Å². The van der Waals surface area contributed by atoms with Gasteiger partial charge in [0.1, 0.15) is 48.8 Å². The number of carbonyl (C=O) groups is 2. The van der Waals surface area contributed by atoms with Crippen molar-refractivity contribution in [1.82, 2.24) is 5.32 Å². The highest BCUT2D eigenvalue weighted by molar-refractivity contribution is 7.81. The minimum Gasteiger partial charge on any atom is -0.469 e. The molecular formula is C31H47NO19S2. The second-order valence-electron chi connectivity index (χ2n) is 12.6. The summed E-state index contributed by atoms with van der Waals surface area (Å²) in [7, 11) is -9.08. The van der Waals surface area contributed by atoms with Gasteiger partial charge in [0.25, 0.3) is 0 Å². The zero-order valence-electron chi connectivity index (χ0n) is 29.0. The second kappa shape index (κ2) is 20.0. The molecule has 5 N–H and O–H groups in total. The number of hydrogen-bond donors (Lipinski definition) is 5. The molecule has 20 nitrogen and oxygen atoms in total. The Labute approximate surface area is 307 Å². The first-order valence-corrected chi connectivity index (χ1v) is 19.7. The van der Waals surface area contributed by atoms with Crippen molar-refractivity contribution in [1.29, 1.82) is 0 Å². The minimum absolute atomic E-state index is 0.0611. The van der Waals surface area contributed by atoms with Crippen molar-refractivity contribution in [3.63, 3.8) is 0 Å². The standard InChI is InChI=1S/C31H47NO19S2/c1-18(33)32-23-27(50-31-25(36)28(51-53(40,41)42)24(35)20(47-31)17-46-52(37,38)39)26-21(16-45-29(49-26)19-12-8-7-9-13-19)48-30(23)44-15-11-6-4-3-5-10-14-22(34)43-2/h7-9,12-13,20-21,23-31,35-36H,3-6,10-11,14-17H2,1-2H3,(H,32,33)(H,37,38,39)(H,40,41,42)/t20-,21-,23-,24+,25-,26-,27-,28+,29?,30-,31+/m1/s1. The van der Waals surface area contributed by atoms with Crippen LogP contribution in [0.2, 0.25) is 0 Å². The summed E-state index contributed by atoms with van der Waals surface area (Å²) in [6.07, 6.45) is -10.8. The van der Waals surface area contributed by atoms with E-state index in [-0.39, 0.29) is 19.2 Å². The van der Waals surface area contributed by atoms with Gasteiger partial charge in [0.05, 0.1) is 20.3 Å². The van der Waals surface area contributed by atoms with E-state index in [2.05, 4.69) is 18.4 Å². The van der Waals surface area contributed by atoms with E-state index in [1.54, 1.807) is 30.3 Å². The second-order valence-corrected chi connectivity index (χ2v) is 14.7. The molecule has 0 spiro atoms. The van der Waals surface area contributed by atoms with Gasteiger partial charge in [-0.05, 0) is 12.8 Å². The minimum atomic E-state index is -5.33. The summed E-state index contributed by atoms with van der Waals surface area (Å²) in [4.78, 5) is 23.9. The molecule has 1 aromatic carbocycles. The number of fused-ring (bicyclic) bond motifs is 1. The quantitative estimate of drug-likeness (QED) is 0.0704. The Morgan fingerprint density at radius 1 is 0.868 bits per heavy atom. The van der Waals surface area contributed by atoms with Gasteiger partial charge in [0.15, 0.2) is 18.9 Å². The number of amides is 1. The van der Waals surface area contributed by atoms with E-state index in [1.807, 2.05) is 0 Å². The van der Waals surface area contributed by atoms with E-state index in [0.717, 1.165) is 25.7 Å². The third kappa shape index (κ3) is 13.4. The highest BCUT2D eigenvalue weighted by atomic mass is 32.3. The molecule has 3 aliphatic rings. The largest absolute Gasteiger partial charge is 0.469 e. The van der Waals surface area contributed by atoms with Crippen LogP contribution in [-0.4, -0.2) is 136 Å². The predicted molar refractivity (Wildman–Crippen MR) is 176 cm³/mol. The maximum absolute atomic E-state index is 12.6. The highest BCUT2D eigenvalue weighted by Crippen LogP contribution is 2.38. The molecule has 3 saturated heterocycles. The number of ether oxygens (including phenoxy) is 7. The topological polar surface area (TPSA) is 278 Å². The summed E-state index contributed by atoms with van der Waals surface area (Å²) >= 11 is 0. The van der Waals surface area contributed by atoms with Crippen LogP contribution < -0.4 is 5.32 Å². The molecule has 11 atom stereocenters. The summed E-state index contributed by atoms with van der Waals surface area (Å²) in [6.45, 7) is 0.229. The van der Waals surface area contributed by atoms with Crippen LogP contribution in [0.25, 0.3) is 0 Å². The van der Waals surface area contributed by atoms with Crippen LogP contribution in [0.15, 0.2) is 30.3 Å². The first-order valence-electron chi connectivity index (χ1n) is 16.9. The van der Waals surface area contributed by atoms with E-state index >= 15 is 0 Å². The maximum atomic E-state index is 12.6. The molecule has 1 unspecified atom stereocenters. The summed E-state index contributed by atoms with van der Waals surface area (Å²) in [5.41, 5.74) is 0.616. The van der Waals surface area contributed by atoms with E-state index in [1.165, 1.54) is 14.0 Å². The Kier molecular flexibility index (Phi) is 16.3. The van der Waals surface area contributed by atoms with Crippen molar-refractivity contribution in [2.45, 2.75) is 120 Å². The van der Waals surface area contributed by atoms with E-state index < -0.39 is 101 Å². The van der Waals surface area contributed by atoms with Gasteiger partial charge in [-0.15, -0.1) is 0 Å². The summed E-state index contributed by atoms with van der Waals surface area (Å²) in [6, 6.07) is 7.60. The summed E-state index contributed by atoms with van der Waals surface area (Å²) in [5.74, 6) is -0.807. The predicted octanol–water partition coefficient (Wildman–Crippen LogP) is 0.0898. The van der Waals surface area contributed by atoms with Crippen molar-refractivity contribution >= 4 is 32.7 Å². The number of aliphatic hydroxyl groups excluding tert-OH is 2. The lowest BCUT2D eigenvalue weighted by atomic mass is 9.94. The number of unbranched alkanes of at least 4 members (excludes halogenated alkanes) is 5. The van der Waals surface area contributed by atoms with Crippen LogP contribution in [0.4, 0.5) is 0 Å². The van der Waals surface area contributed by atoms with Gasteiger partial charge in [-0.1, -0.05) is 56.0 Å². The number of aliphatic hydroxyl groups is 2. The third-order valence-electron chi connectivity index (χ3n) is 8.61. The monoisotopic (exact) mass is 801 g/mol. The molecule has 22 heteroatoms. The molecule has 3 aliphatic heterocycles. The van der Waals surface area contributed by atoms with Crippen LogP contribution in [0, 0.1) is 0 Å². The number of nitrogens with one attached hydrogen (secondary N) is 1. The molecule has 0 saturated carbocycles. The average Bonchev–Trinajstić information content (AvgIpc) is 3.10. The maximum Gasteiger partial charge on any atom is 0.397 e. The number of carbonyl (C=O) groups excluding carboxylic acids is 2. The lowest BCUT2D eigenvalue weighted by molar-refractivity contribution is -0.377. The number of esters is 1. The summed E-state index contributed by atoms with van der Waals surface area (Å²) < 4.78 is 114. The van der Waals surface area contributed by atoms with Crippen molar-refractivity contribution in [3.8, 4) is 0 Å². The average molecular weight is 802 g/mol. The van der Waals surface area contributed by atoms with Crippen molar-refractivity contribution in [2.24, 2.45) is 0 Å². The molecule has 4 rings (SSSR count). The van der Waals surface area contributed by atoms with Crippen LogP contribution >= 0.6 is 0 Å². The SMILES string of the molecule is COC(=O)CCCCCCCCO[C@@H]1O[C@@H]2COC(c3ccccc3)O[C@H]2[C@H](O[C@@H]2O[C@H](COS(=O)(=O)O)[C@H](O)[C@H](OS(=O)(=O)O)[C@H]2O)[C@H]1NC(C)=O. The fourth-order valence-corrected chi connectivity index (χ4v) is 6.95. The fourth-order valence-electron chi connectivity index (χ4n) is 6.14. The van der Waals surface area contributed by atoms with Gasteiger partial charge in [-0.2, -0.15) is 16.8 Å². The van der Waals surface area contributed by atoms with E-state index in [0.29, 0.717) is 24.8 Å². The Bertz CT molecular complexity index is 1530. The lowest BCUT2D eigenvalue weighted by Gasteiger charge is -2.51. The van der Waals surface area contributed by atoms with Gasteiger partial charge >= 0.3 is 26.8 Å². The highest BCUT2D eigenvalue weighted by Gasteiger charge is 2.55. The molecular weight excluding hydrogens is 754 g/mol. The Morgan fingerprint density at radius 3 is 2.19 bits per heavy atom. The molecule has 302 valence electrons. The first kappa shape index (κ1) is 43.3. The molecule has 0 aliphatic carbocycles. The van der Waals surface area contributed by atoms with Crippen LogP contribution in [-0.2, 0) is 71.9 Å². The number of hydrogen-bond acceptors (Lipinski definition) is 17. The van der Waals surface area contributed by atoms with Crippen LogP contribution in [0.1, 0.15) is 63.7 Å². The molecule has 0 radical (unpaired) electrons. The Morgan fingerprint density at radius 2 is 1.55 bits per heavy atom. The molecule has 3 fully saturated rings. The molecule has 1 aromatic rings. The lowest BCUT2D eigenvalue weighted by Crippen LogP contribution is -2.69. The number of methoxy groups -OCH3 is 1.